The van der Waals surface area contributed by atoms with Gasteiger partial charge < -0.3 is 20.3 Å². The number of rotatable bonds is 5. The second kappa shape index (κ2) is 7.99. The van der Waals surface area contributed by atoms with Gasteiger partial charge in [-0.3, -0.25) is 9.79 Å². The van der Waals surface area contributed by atoms with Gasteiger partial charge in [0.05, 0.1) is 13.2 Å². The molecule has 1 amide bonds. The van der Waals surface area contributed by atoms with E-state index in [1.54, 1.807) is 14.2 Å². The molecule has 0 bridgehead atoms. The van der Waals surface area contributed by atoms with Gasteiger partial charge in [-0.05, 0) is 20.3 Å². The van der Waals surface area contributed by atoms with E-state index in [1.807, 2.05) is 13.8 Å². The van der Waals surface area contributed by atoms with E-state index in [9.17, 15) is 4.79 Å². The third-order valence-electron chi connectivity index (χ3n) is 3.06. The molecule has 1 saturated heterocycles. The lowest BCUT2D eigenvalue weighted by Gasteiger charge is -2.21. The van der Waals surface area contributed by atoms with Crippen molar-refractivity contribution in [3.05, 3.63) is 0 Å². The van der Waals surface area contributed by atoms with E-state index in [4.69, 9.17) is 4.74 Å². The first-order valence-corrected chi connectivity index (χ1v) is 6.80. The van der Waals surface area contributed by atoms with Crippen LogP contribution in [0.5, 0.6) is 0 Å². The van der Waals surface area contributed by atoms with E-state index < -0.39 is 0 Å². The average Bonchev–Trinajstić information content (AvgIpc) is 2.78. The molecule has 1 rings (SSSR count). The number of carbonyl (C=O) groups excluding carboxylic acids is 1. The summed E-state index contributed by atoms with van der Waals surface area (Å²) in [5.74, 6) is 1.33. The number of nitrogens with zero attached hydrogens (tertiary/aromatic N) is 2. The molecule has 0 aromatic heterocycles. The van der Waals surface area contributed by atoms with Gasteiger partial charge in [0, 0.05) is 39.2 Å². The summed E-state index contributed by atoms with van der Waals surface area (Å²) in [5.41, 5.74) is 0. The van der Waals surface area contributed by atoms with Crippen molar-refractivity contribution in [3.63, 3.8) is 0 Å². The molecule has 6 nitrogen and oxygen atoms in total. The molecule has 0 aromatic rings. The van der Waals surface area contributed by atoms with Crippen LogP contribution in [-0.2, 0) is 9.53 Å². The van der Waals surface area contributed by atoms with Gasteiger partial charge in [0.2, 0.25) is 5.91 Å². The van der Waals surface area contributed by atoms with Gasteiger partial charge in [-0.15, -0.1) is 0 Å². The Hall–Kier alpha value is -1.30. The molecule has 1 aliphatic rings. The third-order valence-corrected chi connectivity index (χ3v) is 3.06. The fourth-order valence-electron chi connectivity index (χ4n) is 2.26. The van der Waals surface area contributed by atoms with Crippen molar-refractivity contribution < 1.29 is 9.53 Å². The number of nitrogens with one attached hydrogen (secondary N) is 2. The van der Waals surface area contributed by atoms with Crippen LogP contribution in [0.2, 0.25) is 0 Å². The van der Waals surface area contributed by atoms with Crippen LogP contribution in [0, 0.1) is 5.92 Å². The van der Waals surface area contributed by atoms with Gasteiger partial charge in [0.15, 0.2) is 5.96 Å². The van der Waals surface area contributed by atoms with Crippen LogP contribution in [0.25, 0.3) is 0 Å². The van der Waals surface area contributed by atoms with Crippen molar-refractivity contribution in [1.29, 1.82) is 0 Å². The topological polar surface area (TPSA) is 66.0 Å². The summed E-state index contributed by atoms with van der Waals surface area (Å²) >= 11 is 0. The average molecular weight is 270 g/mol. The molecule has 1 atom stereocenters. The van der Waals surface area contributed by atoms with Crippen molar-refractivity contribution >= 4 is 11.9 Å². The molecule has 19 heavy (non-hydrogen) atoms. The maximum absolute atomic E-state index is 11.6. The number of likely N-dealkylation sites (tertiary alicyclic amines) is 1. The molecule has 1 aliphatic heterocycles. The maximum Gasteiger partial charge on any atom is 0.239 e. The summed E-state index contributed by atoms with van der Waals surface area (Å²) in [6, 6.07) is 0.161. The Labute approximate surface area is 115 Å². The van der Waals surface area contributed by atoms with Crippen LogP contribution in [0.15, 0.2) is 4.99 Å². The third kappa shape index (κ3) is 5.46. The van der Waals surface area contributed by atoms with E-state index in [0.717, 1.165) is 32.1 Å². The fourth-order valence-corrected chi connectivity index (χ4v) is 2.26. The molecule has 1 heterocycles. The fraction of sp³-hybridized carbons (Fsp3) is 0.846. The number of hydrogen-bond acceptors (Lipinski definition) is 3. The minimum atomic E-state index is -0.0104. The van der Waals surface area contributed by atoms with Gasteiger partial charge in [-0.2, -0.15) is 0 Å². The minimum Gasteiger partial charge on any atom is -0.384 e. The van der Waals surface area contributed by atoms with Gasteiger partial charge in [-0.1, -0.05) is 0 Å². The Balaban J connectivity index is 2.37. The first-order chi connectivity index (χ1) is 9.06. The normalized spacial score (nSPS) is 19.9. The largest absolute Gasteiger partial charge is 0.384 e. The van der Waals surface area contributed by atoms with Crippen LogP contribution in [0.3, 0.4) is 0 Å². The molecule has 110 valence electrons. The summed E-state index contributed by atoms with van der Waals surface area (Å²) in [4.78, 5) is 18.0. The molecular formula is C13H26N4O2. The maximum atomic E-state index is 11.6. The zero-order valence-electron chi connectivity index (χ0n) is 12.4. The summed E-state index contributed by atoms with van der Waals surface area (Å²) in [6.07, 6.45) is 1.10. The molecule has 2 N–H and O–H groups in total. The van der Waals surface area contributed by atoms with Crippen LogP contribution in [0.4, 0.5) is 0 Å². The number of aliphatic imine (C=N–C) groups is 1. The smallest absolute Gasteiger partial charge is 0.239 e. The summed E-state index contributed by atoms with van der Waals surface area (Å²) in [6.45, 7) is 6.82. The Morgan fingerprint density at radius 2 is 2.26 bits per heavy atom. The monoisotopic (exact) mass is 270 g/mol. The standard InChI is InChI=1S/C13H26N4O2/c1-10(2)16-12(18)7-15-13(14-3)17-6-5-11(8-17)9-19-4/h10-11H,5-9H2,1-4H3,(H,14,15)(H,16,18). The first-order valence-electron chi connectivity index (χ1n) is 6.80. The van der Waals surface area contributed by atoms with Gasteiger partial charge in [0.25, 0.3) is 0 Å². The number of methoxy groups -OCH3 is 1. The highest BCUT2D eigenvalue weighted by molar-refractivity contribution is 5.86. The number of guanidine groups is 1. The first kappa shape index (κ1) is 15.8. The number of hydrogen-bond donors (Lipinski definition) is 2. The zero-order chi connectivity index (χ0) is 14.3. The summed E-state index contributed by atoms with van der Waals surface area (Å²) in [5, 5.41) is 5.95. The van der Waals surface area contributed by atoms with Crippen molar-refractivity contribution in [2.45, 2.75) is 26.3 Å². The quantitative estimate of drug-likeness (QED) is 0.547. The van der Waals surface area contributed by atoms with Crippen molar-refractivity contribution in [1.82, 2.24) is 15.5 Å². The lowest BCUT2D eigenvalue weighted by Crippen LogP contribution is -2.45. The van der Waals surface area contributed by atoms with E-state index in [0.29, 0.717) is 5.92 Å². The number of carbonyl (C=O) groups is 1. The highest BCUT2D eigenvalue weighted by Crippen LogP contribution is 2.16. The Bertz CT molecular complexity index is 318. The van der Waals surface area contributed by atoms with Gasteiger partial charge in [-0.25, -0.2) is 0 Å². The van der Waals surface area contributed by atoms with E-state index in [2.05, 4.69) is 20.5 Å². The second-order valence-electron chi connectivity index (χ2n) is 5.18. The van der Waals surface area contributed by atoms with Gasteiger partial charge in [0.1, 0.15) is 0 Å². The molecule has 0 aliphatic carbocycles. The Morgan fingerprint density at radius 3 is 2.84 bits per heavy atom. The van der Waals surface area contributed by atoms with Crippen LogP contribution >= 0.6 is 0 Å². The van der Waals surface area contributed by atoms with Crippen LogP contribution in [-0.4, -0.2) is 63.2 Å². The Morgan fingerprint density at radius 1 is 1.53 bits per heavy atom. The lowest BCUT2D eigenvalue weighted by atomic mass is 10.1. The summed E-state index contributed by atoms with van der Waals surface area (Å²) < 4.78 is 5.18. The molecule has 0 saturated carbocycles. The molecule has 6 heteroatoms. The van der Waals surface area contributed by atoms with Crippen LogP contribution in [0.1, 0.15) is 20.3 Å². The summed E-state index contributed by atoms with van der Waals surface area (Å²) in [7, 11) is 3.47. The highest BCUT2D eigenvalue weighted by atomic mass is 16.5. The van der Waals surface area contributed by atoms with Gasteiger partial charge >= 0.3 is 0 Å². The second-order valence-corrected chi connectivity index (χ2v) is 5.18. The number of amides is 1. The highest BCUT2D eigenvalue weighted by Gasteiger charge is 2.24. The Kier molecular flexibility index (Phi) is 6.62. The van der Waals surface area contributed by atoms with Crippen molar-refractivity contribution in [2.24, 2.45) is 10.9 Å². The van der Waals surface area contributed by atoms with Crippen molar-refractivity contribution in [3.8, 4) is 0 Å². The molecule has 1 fully saturated rings. The predicted molar refractivity (Wildman–Crippen MR) is 76.2 cm³/mol. The lowest BCUT2D eigenvalue weighted by molar-refractivity contribution is -0.120. The van der Waals surface area contributed by atoms with Crippen molar-refractivity contribution in [2.75, 3.05) is 40.4 Å². The molecule has 1 unspecified atom stereocenters. The van der Waals surface area contributed by atoms with E-state index in [-0.39, 0.29) is 18.5 Å². The molecule has 0 radical (unpaired) electrons. The zero-order valence-corrected chi connectivity index (χ0v) is 12.4. The van der Waals surface area contributed by atoms with E-state index in [1.165, 1.54) is 0 Å². The number of ether oxygens (including phenoxy) is 1. The SMILES string of the molecule is CN=C(NCC(=O)NC(C)C)N1CCC(COC)C1. The molecular weight excluding hydrogens is 244 g/mol. The minimum absolute atomic E-state index is 0.0104. The van der Waals surface area contributed by atoms with Crippen LogP contribution < -0.4 is 10.6 Å². The van der Waals surface area contributed by atoms with E-state index >= 15 is 0 Å². The predicted octanol–water partition coefficient (Wildman–Crippen LogP) is 0.0547. The molecule has 0 aromatic carbocycles. The molecule has 0 spiro atoms.